The van der Waals surface area contributed by atoms with E-state index in [2.05, 4.69) is 14.5 Å². The van der Waals surface area contributed by atoms with Gasteiger partial charge in [-0.3, -0.25) is 10.1 Å². The van der Waals surface area contributed by atoms with E-state index in [1.165, 1.54) is 0 Å². The van der Waals surface area contributed by atoms with Gasteiger partial charge in [-0.1, -0.05) is 0 Å². The fourth-order valence-corrected chi connectivity index (χ4v) is 1.23. The van der Waals surface area contributed by atoms with Gasteiger partial charge in [0.25, 0.3) is 6.43 Å². The molecule has 0 aromatic carbocycles. The lowest BCUT2D eigenvalue weighted by Gasteiger charge is -2.12. The van der Waals surface area contributed by atoms with Crippen LogP contribution in [0, 0.1) is 10.1 Å². The Morgan fingerprint density at radius 3 is 2.38 bits per heavy atom. The fourth-order valence-electron chi connectivity index (χ4n) is 1.23. The Hall–Kier alpha value is -2.53. The number of nitro groups is 1. The highest BCUT2D eigenvalue weighted by Crippen LogP contribution is 2.35. The van der Waals surface area contributed by atoms with Gasteiger partial charge in [-0.15, -0.1) is 13.2 Å². The molecule has 0 radical (unpaired) electrons. The monoisotopic (exact) mass is 316 g/mol. The molecule has 0 fully saturated rings. The van der Waals surface area contributed by atoms with Crippen LogP contribution in [0.25, 0.3) is 0 Å². The number of alkyl halides is 5. The number of halogens is 5. The van der Waals surface area contributed by atoms with Crippen molar-refractivity contribution in [2.24, 2.45) is 0 Å². The van der Waals surface area contributed by atoms with Crippen LogP contribution in [0.4, 0.5) is 27.6 Å². The molecule has 7 nitrogen and oxygen atoms in total. The van der Waals surface area contributed by atoms with Crippen LogP contribution in [0.5, 0.6) is 5.88 Å². The van der Waals surface area contributed by atoms with Gasteiger partial charge in [0.2, 0.25) is 11.6 Å². The minimum Gasteiger partial charge on any atom is -0.464 e. The van der Waals surface area contributed by atoms with Gasteiger partial charge in [-0.2, -0.15) is 4.98 Å². The average molecular weight is 316 g/mol. The molecule has 21 heavy (non-hydrogen) atoms. The maximum atomic E-state index is 12.6. The lowest BCUT2D eigenvalue weighted by atomic mass is 10.2. The first-order chi connectivity index (χ1) is 9.56. The smallest absolute Gasteiger partial charge is 0.464 e. The zero-order valence-corrected chi connectivity index (χ0v) is 9.98. The molecule has 0 bridgehead atoms. The third kappa shape index (κ3) is 3.97. The summed E-state index contributed by atoms with van der Waals surface area (Å²) in [5, 5.41) is 10.7. The molecule has 0 aliphatic heterocycles. The predicted molar refractivity (Wildman–Crippen MR) is 53.9 cm³/mol. The summed E-state index contributed by atoms with van der Waals surface area (Å²) in [6.45, 7) is 0. The zero-order chi connectivity index (χ0) is 16.4. The summed E-state index contributed by atoms with van der Waals surface area (Å²) in [5.74, 6) is -3.14. The number of hydrogen-bond donors (Lipinski definition) is 0. The van der Waals surface area contributed by atoms with Gasteiger partial charge in [0.05, 0.1) is 17.6 Å². The highest BCUT2D eigenvalue weighted by molar-refractivity contribution is 5.92. The average Bonchev–Trinajstić information content (AvgIpc) is 2.34. The third-order valence-corrected chi connectivity index (χ3v) is 2.02. The summed E-state index contributed by atoms with van der Waals surface area (Å²) in [7, 11) is 0.777. The molecule has 0 unspecified atom stereocenters. The number of rotatable bonds is 4. The standard InChI is InChI=1S/C9H5F5N2O5/c1-20-8(17)5-4(16(18)19)2-3(6(10)11)7(15-5)21-9(12,13)14/h2,6H,1H3. The van der Waals surface area contributed by atoms with Gasteiger partial charge < -0.3 is 9.47 Å². The van der Waals surface area contributed by atoms with Crippen LogP contribution < -0.4 is 4.74 Å². The SMILES string of the molecule is COC(=O)c1nc(OC(F)(F)F)c(C(F)F)cc1[N+](=O)[O-]. The van der Waals surface area contributed by atoms with Gasteiger partial charge in [-0.25, -0.2) is 13.6 Å². The normalized spacial score (nSPS) is 11.4. The van der Waals surface area contributed by atoms with E-state index in [1.54, 1.807) is 0 Å². The van der Waals surface area contributed by atoms with Crippen molar-refractivity contribution in [3.8, 4) is 5.88 Å². The van der Waals surface area contributed by atoms with Crippen molar-refractivity contribution < 1.29 is 41.1 Å². The van der Waals surface area contributed by atoms with Crippen molar-refractivity contribution in [2.75, 3.05) is 7.11 Å². The minimum absolute atomic E-state index is 0.0744. The van der Waals surface area contributed by atoms with Gasteiger partial charge in [0, 0.05) is 6.07 Å². The maximum Gasteiger partial charge on any atom is 0.574 e. The first-order valence-electron chi connectivity index (χ1n) is 4.88. The summed E-state index contributed by atoms with van der Waals surface area (Å²) in [6.07, 6.45) is -8.92. The molecule has 0 N–H and O–H groups in total. The maximum absolute atomic E-state index is 12.6. The van der Waals surface area contributed by atoms with Crippen molar-refractivity contribution in [1.82, 2.24) is 4.98 Å². The quantitative estimate of drug-likeness (QED) is 0.367. The summed E-state index contributed by atoms with van der Waals surface area (Å²) in [6, 6.07) is 0.0744. The predicted octanol–water partition coefficient (Wildman–Crippen LogP) is 2.61. The Morgan fingerprint density at radius 2 is 2.00 bits per heavy atom. The van der Waals surface area contributed by atoms with E-state index in [4.69, 9.17) is 0 Å². The Labute approximate surface area is 112 Å². The molecule has 0 saturated carbocycles. The second-order valence-corrected chi connectivity index (χ2v) is 3.35. The summed E-state index contributed by atoms with van der Waals surface area (Å²) >= 11 is 0. The number of methoxy groups -OCH3 is 1. The highest BCUT2D eigenvalue weighted by atomic mass is 19.4. The molecule has 0 amide bonds. The van der Waals surface area contributed by atoms with Gasteiger partial charge >= 0.3 is 18.0 Å². The first-order valence-corrected chi connectivity index (χ1v) is 4.88. The molecule has 1 heterocycles. The van der Waals surface area contributed by atoms with Crippen LogP contribution in [0.3, 0.4) is 0 Å². The second kappa shape index (κ2) is 5.85. The number of ether oxygens (including phenoxy) is 2. The van der Waals surface area contributed by atoms with Crippen molar-refractivity contribution in [1.29, 1.82) is 0 Å². The molecular weight excluding hydrogens is 311 g/mol. The van der Waals surface area contributed by atoms with Crippen molar-refractivity contribution in [3.63, 3.8) is 0 Å². The third-order valence-electron chi connectivity index (χ3n) is 2.02. The van der Waals surface area contributed by atoms with Gasteiger partial charge in [-0.05, 0) is 0 Å². The molecule has 1 aromatic rings. The van der Waals surface area contributed by atoms with E-state index >= 15 is 0 Å². The molecule has 0 atom stereocenters. The molecule has 0 aliphatic rings. The highest BCUT2D eigenvalue weighted by Gasteiger charge is 2.37. The number of esters is 1. The largest absolute Gasteiger partial charge is 0.574 e. The zero-order valence-electron chi connectivity index (χ0n) is 9.98. The number of hydrogen-bond acceptors (Lipinski definition) is 6. The molecule has 0 saturated heterocycles. The van der Waals surface area contributed by atoms with E-state index < -0.39 is 46.5 Å². The Kier molecular flexibility index (Phi) is 4.60. The van der Waals surface area contributed by atoms with Crippen LogP contribution in [0.15, 0.2) is 6.07 Å². The van der Waals surface area contributed by atoms with Gasteiger partial charge in [0.15, 0.2) is 0 Å². The summed E-state index contributed by atoms with van der Waals surface area (Å²) in [4.78, 5) is 23.5. The molecule has 1 rings (SSSR count). The Morgan fingerprint density at radius 1 is 1.43 bits per heavy atom. The van der Waals surface area contributed by atoms with Crippen LogP contribution in [0.1, 0.15) is 22.5 Å². The summed E-state index contributed by atoms with van der Waals surface area (Å²) < 4.78 is 68.9. The number of pyridine rings is 1. The van der Waals surface area contributed by atoms with E-state index in [9.17, 15) is 36.9 Å². The van der Waals surface area contributed by atoms with Crippen molar-refractivity contribution >= 4 is 11.7 Å². The topological polar surface area (TPSA) is 91.6 Å². The fraction of sp³-hybridized carbons (Fsp3) is 0.333. The number of aromatic nitrogens is 1. The molecular formula is C9H5F5N2O5. The number of carbonyl (C=O) groups is 1. The Balaban J connectivity index is 3.55. The van der Waals surface area contributed by atoms with Crippen molar-refractivity contribution in [3.05, 3.63) is 27.4 Å². The molecule has 116 valence electrons. The molecule has 12 heteroatoms. The number of carbonyl (C=O) groups excluding carboxylic acids is 1. The first kappa shape index (κ1) is 16.5. The molecule has 0 spiro atoms. The molecule has 0 aliphatic carbocycles. The summed E-state index contributed by atoms with van der Waals surface area (Å²) in [5.41, 5.74) is -3.90. The minimum atomic E-state index is -5.37. The van der Waals surface area contributed by atoms with E-state index in [0.717, 1.165) is 7.11 Å². The van der Waals surface area contributed by atoms with E-state index in [0.29, 0.717) is 0 Å². The number of nitrogens with zero attached hydrogens (tertiary/aromatic N) is 2. The Bertz CT molecular complexity index is 574. The lowest BCUT2D eigenvalue weighted by molar-refractivity contribution is -0.385. The van der Waals surface area contributed by atoms with Crippen LogP contribution in [-0.4, -0.2) is 29.3 Å². The lowest BCUT2D eigenvalue weighted by Crippen LogP contribution is -2.21. The second-order valence-electron chi connectivity index (χ2n) is 3.35. The van der Waals surface area contributed by atoms with Crippen molar-refractivity contribution in [2.45, 2.75) is 12.8 Å². The van der Waals surface area contributed by atoms with E-state index in [-0.39, 0.29) is 6.07 Å². The van der Waals surface area contributed by atoms with Gasteiger partial charge in [0.1, 0.15) is 0 Å². The molecule has 1 aromatic heterocycles. The van der Waals surface area contributed by atoms with E-state index in [1.807, 2.05) is 0 Å². The van der Waals surface area contributed by atoms with Crippen LogP contribution in [0.2, 0.25) is 0 Å². The van der Waals surface area contributed by atoms with Crippen LogP contribution >= 0.6 is 0 Å². The van der Waals surface area contributed by atoms with Crippen LogP contribution in [-0.2, 0) is 4.74 Å².